The van der Waals surface area contributed by atoms with Crippen LogP contribution in [0.5, 0.6) is 0 Å². The van der Waals surface area contributed by atoms with Gasteiger partial charge < -0.3 is 11.1 Å². The van der Waals surface area contributed by atoms with Gasteiger partial charge >= 0.3 is 0 Å². The molecule has 0 spiro atoms. The Morgan fingerprint density at radius 2 is 2.29 bits per heavy atom. The van der Waals surface area contributed by atoms with Crippen molar-refractivity contribution in [3.63, 3.8) is 0 Å². The third kappa shape index (κ3) is 3.83. The van der Waals surface area contributed by atoms with E-state index in [9.17, 15) is 4.79 Å². The largest absolute Gasteiger partial charge is 0.349 e. The molecule has 0 aliphatic heterocycles. The summed E-state index contributed by atoms with van der Waals surface area (Å²) in [5.74, 6) is 6.86. The molecule has 0 radical (unpaired) electrons. The Balaban J connectivity index is 2.04. The first kappa shape index (κ1) is 15.5. The van der Waals surface area contributed by atoms with Gasteiger partial charge in [0.2, 0.25) is 0 Å². The van der Waals surface area contributed by atoms with E-state index < -0.39 is 0 Å². The maximum absolute atomic E-state index is 12.3. The van der Waals surface area contributed by atoms with Crippen molar-refractivity contribution in [2.24, 2.45) is 17.6 Å². The molecule has 3 unspecified atom stereocenters. The summed E-state index contributed by atoms with van der Waals surface area (Å²) < 4.78 is 0. The predicted molar refractivity (Wildman–Crippen MR) is 83.6 cm³/mol. The molecule has 3 N–H and O–H groups in total. The number of nitrogens with two attached hydrogens (primary N) is 1. The first-order valence-electron chi connectivity index (χ1n) is 7.60. The molecule has 1 aliphatic carbocycles. The average molecular weight is 285 g/mol. The van der Waals surface area contributed by atoms with Gasteiger partial charge in [0.25, 0.3) is 5.91 Å². The summed E-state index contributed by atoms with van der Waals surface area (Å²) in [7, 11) is 0. The molecule has 0 aromatic carbocycles. The highest BCUT2D eigenvalue weighted by atomic mass is 16.1. The number of rotatable bonds is 3. The lowest BCUT2D eigenvalue weighted by atomic mass is 9.93. The smallest absolute Gasteiger partial charge is 0.253 e. The number of carbonyl (C=O) groups is 1. The first-order valence-corrected chi connectivity index (χ1v) is 7.60. The molecule has 1 aromatic rings. The van der Waals surface area contributed by atoms with E-state index in [0.717, 1.165) is 17.9 Å². The fraction of sp³-hybridized carbons (Fsp3) is 0.529. The van der Waals surface area contributed by atoms with E-state index in [4.69, 9.17) is 5.73 Å². The Hall–Kier alpha value is -1.86. The zero-order chi connectivity index (χ0) is 15.2. The van der Waals surface area contributed by atoms with E-state index in [1.54, 1.807) is 18.5 Å². The van der Waals surface area contributed by atoms with Crippen molar-refractivity contribution in [1.82, 2.24) is 10.3 Å². The first-order chi connectivity index (χ1) is 10.2. The molecule has 1 aromatic heterocycles. The van der Waals surface area contributed by atoms with Crippen molar-refractivity contribution in [2.75, 3.05) is 6.54 Å². The van der Waals surface area contributed by atoms with E-state index in [2.05, 4.69) is 36.0 Å². The molecule has 0 saturated heterocycles. The predicted octanol–water partition coefficient (Wildman–Crippen LogP) is 1.95. The molecular formula is C17H23N3O. The fourth-order valence-electron chi connectivity index (χ4n) is 3.06. The van der Waals surface area contributed by atoms with E-state index in [1.807, 2.05) is 0 Å². The number of amides is 1. The number of nitrogens with zero attached hydrogens (tertiary/aromatic N) is 1. The summed E-state index contributed by atoms with van der Waals surface area (Å²) >= 11 is 0. The zero-order valence-electron chi connectivity index (χ0n) is 12.7. The molecule has 0 bridgehead atoms. The van der Waals surface area contributed by atoms with Crippen molar-refractivity contribution in [1.29, 1.82) is 0 Å². The molecule has 2 rings (SSSR count). The van der Waals surface area contributed by atoms with Crippen molar-refractivity contribution in [2.45, 2.75) is 39.2 Å². The number of aromatic nitrogens is 1. The van der Waals surface area contributed by atoms with Gasteiger partial charge in [-0.15, -0.1) is 0 Å². The van der Waals surface area contributed by atoms with Gasteiger partial charge in [-0.3, -0.25) is 9.78 Å². The number of pyridine rings is 1. The van der Waals surface area contributed by atoms with Gasteiger partial charge in [-0.1, -0.05) is 32.1 Å². The molecule has 21 heavy (non-hydrogen) atoms. The molecule has 1 fully saturated rings. The van der Waals surface area contributed by atoms with E-state index in [0.29, 0.717) is 18.0 Å². The summed E-state index contributed by atoms with van der Waals surface area (Å²) in [6.45, 7) is 4.75. The van der Waals surface area contributed by atoms with Gasteiger partial charge in [-0.05, 0) is 30.7 Å². The zero-order valence-corrected chi connectivity index (χ0v) is 12.7. The van der Waals surface area contributed by atoms with Crippen LogP contribution in [0.2, 0.25) is 0 Å². The topological polar surface area (TPSA) is 68.0 Å². The minimum atomic E-state index is -0.0625. The second-order valence-electron chi connectivity index (χ2n) is 5.65. The minimum absolute atomic E-state index is 0.0625. The maximum atomic E-state index is 12.3. The highest BCUT2D eigenvalue weighted by molar-refractivity contribution is 5.94. The minimum Gasteiger partial charge on any atom is -0.349 e. The number of hydrogen-bond acceptors (Lipinski definition) is 3. The molecule has 1 heterocycles. The number of carbonyl (C=O) groups excluding carboxylic acids is 1. The van der Waals surface area contributed by atoms with Crippen molar-refractivity contribution in [3.8, 4) is 11.8 Å². The Bertz CT molecular complexity index is 559. The van der Waals surface area contributed by atoms with Gasteiger partial charge in [0.1, 0.15) is 0 Å². The van der Waals surface area contributed by atoms with Crippen LogP contribution >= 0.6 is 0 Å². The van der Waals surface area contributed by atoms with Gasteiger partial charge in [0.15, 0.2) is 0 Å². The quantitative estimate of drug-likeness (QED) is 0.834. The molecule has 112 valence electrons. The van der Waals surface area contributed by atoms with Gasteiger partial charge in [0.05, 0.1) is 12.1 Å². The second kappa shape index (κ2) is 7.24. The third-order valence-electron chi connectivity index (χ3n) is 4.40. The molecular weight excluding hydrogens is 262 g/mol. The lowest BCUT2D eigenvalue weighted by Gasteiger charge is -2.21. The SMILES string of the molecule is CCC1CCC(NC(=O)c2cncc(C#CCN)c2)C1C. The Morgan fingerprint density at radius 3 is 2.95 bits per heavy atom. The van der Waals surface area contributed by atoms with E-state index in [-0.39, 0.29) is 11.9 Å². The average Bonchev–Trinajstić information content (AvgIpc) is 2.86. The van der Waals surface area contributed by atoms with Crippen LogP contribution in [-0.2, 0) is 0 Å². The van der Waals surface area contributed by atoms with Crippen LogP contribution in [0.3, 0.4) is 0 Å². The van der Waals surface area contributed by atoms with Crippen LogP contribution in [0.25, 0.3) is 0 Å². The Labute approximate surface area is 126 Å². The van der Waals surface area contributed by atoms with E-state index in [1.165, 1.54) is 12.8 Å². The standard InChI is InChI=1S/C17H23N3O/c1-3-14-6-7-16(12(14)2)20-17(21)15-9-13(5-4-8-18)10-19-11-15/h9-12,14,16H,3,6-8,18H2,1-2H3,(H,20,21). The highest BCUT2D eigenvalue weighted by Gasteiger charge is 2.32. The highest BCUT2D eigenvalue weighted by Crippen LogP contribution is 2.33. The fourth-order valence-corrected chi connectivity index (χ4v) is 3.06. The van der Waals surface area contributed by atoms with Crippen molar-refractivity contribution >= 4 is 5.91 Å². The van der Waals surface area contributed by atoms with Crippen LogP contribution in [0.4, 0.5) is 0 Å². The lowest BCUT2D eigenvalue weighted by molar-refractivity contribution is 0.0926. The van der Waals surface area contributed by atoms with Gasteiger partial charge in [-0.2, -0.15) is 0 Å². The van der Waals surface area contributed by atoms with Crippen LogP contribution in [0.1, 0.15) is 49.0 Å². The normalized spacial score (nSPS) is 24.2. The van der Waals surface area contributed by atoms with Crippen LogP contribution < -0.4 is 11.1 Å². The second-order valence-corrected chi connectivity index (χ2v) is 5.65. The van der Waals surface area contributed by atoms with Gasteiger partial charge in [0, 0.05) is 24.0 Å². The number of hydrogen-bond donors (Lipinski definition) is 2. The van der Waals surface area contributed by atoms with Crippen molar-refractivity contribution in [3.05, 3.63) is 29.6 Å². The van der Waals surface area contributed by atoms with Crippen molar-refractivity contribution < 1.29 is 4.79 Å². The molecule has 1 saturated carbocycles. The summed E-state index contributed by atoms with van der Waals surface area (Å²) in [5, 5.41) is 3.14. The third-order valence-corrected chi connectivity index (χ3v) is 4.40. The summed E-state index contributed by atoms with van der Waals surface area (Å²) in [5.41, 5.74) is 6.63. The lowest BCUT2D eigenvalue weighted by Crippen LogP contribution is -2.37. The summed E-state index contributed by atoms with van der Waals surface area (Å²) in [6, 6.07) is 2.03. The summed E-state index contributed by atoms with van der Waals surface area (Å²) in [6.07, 6.45) is 6.66. The maximum Gasteiger partial charge on any atom is 0.253 e. The van der Waals surface area contributed by atoms with Crippen LogP contribution in [0.15, 0.2) is 18.5 Å². The van der Waals surface area contributed by atoms with Crippen LogP contribution in [0, 0.1) is 23.7 Å². The Morgan fingerprint density at radius 1 is 1.48 bits per heavy atom. The Kier molecular flexibility index (Phi) is 5.35. The number of nitrogens with one attached hydrogen (secondary N) is 1. The molecule has 3 atom stereocenters. The molecule has 4 nitrogen and oxygen atoms in total. The molecule has 1 aliphatic rings. The van der Waals surface area contributed by atoms with E-state index >= 15 is 0 Å². The van der Waals surface area contributed by atoms with Crippen LogP contribution in [-0.4, -0.2) is 23.5 Å². The molecule has 4 heteroatoms. The monoisotopic (exact) mass is 285 g/mol. The molecule has 1 amide bonds. The van der Waals surface area contributed by atoms with Gasteiger partial charge in [-0.25, -0.2) is 0 Å². The summed E-state index contributed by atoms with van der Waals surface area (Å²) in [4.78, 5) is 16.4.